The van der Waals surface area contributed by atoms with Crippen LogP contribution in [-0.2, 0) is 28.1 Å². The van der Waals surface area contributed by atoms with Crippen LogP contribution in [0.4, 0.5) is 0 Å². The fourth-order valence-corrected chi connectivity index (χ4v) is 5.04. The van der Waals surface area contributed by atoms with Crippen molar-refractivity contribution in [3.8, 4) is 5.75 Å². The van der Waals surface area contributed by atoms with Gasteiger partial charge in [0.2, 0.25) is 11.8 Å². The minimum atomic E-state index is -1.36. The maximum Gasteiger partial charge on any atom is 0.254 e. The van der Waals surface area contributed by atoms with Crippen molar-refractivity contribution in [3.63, 3.8) is 0 Å². The van der Waals surface area contributed by atoms with Gasteiger partial charge in [-0.05, 0) is 41.5 Å². The van der Waals surface area contributed by atoms with Crippen molar-refractivity contribution in [3.05, 3.63) is 64.4 Å². The summed E-state index contributed by atoms with van der Waals surface area (Å²) >= 11 is 0. The van der Waals surface area contributed by atoms with Crippen LogP contribution in [0, 0.1) is 0 Å². The first-order valence-corrected chi connectivity index (χ1v) is 10.5. The van der Waals surface area contributed by atoms with Gasteiger partial charge in [0.1, 0.15) is 22.5 Å². The highest BCUT2D eigenvalue weighted by Gasteiger charge is 2.53. The third-order valence-corrected chi connectivity index (χ3v) is 6.76. The molecule has 0 aliphatic carbocycles. The average Bonchev–Trinajstić information content (AvgIpc) is 3.54. The minimum Gasteiger partial charge on any atom is -0.497 e. The predicted octanol–water partition coefficient (Wildman–Crippen LogP) is 1.63. The van der Waals surface area contributed by atoms with E-state index < -0.39 is 17.2 Å². The van der Waals surface area contributed by atoms with Crippen molar-refractivity contribution in [2.24, 2.45) is 0 Å². The highest BCUT2D eigenvalue weighted by molar-refractivity contribution is 6.10. The largest absolute Gasteiger partial charge is 0.497 e. The van der Waals surface area contributed by atoms with E-state index in [1.165, 1.54) is 7.11 Å². The molecule has 3 aliphatic heterocycles. The van der Waals surface area contributed by atoms with Gasteiger partial charge in [-0.25, -0.2) is 0 Å². The fraction of sp³-hybridized carbons (Fsp3) is 0.250. The lowest BCUT2D eigenvalue weighted by Crippen LogP contribution is -2.46. The molecule has 0 bridgehead atoms. The van der Waals surface area contributed by atoms with Crippen molar-refractivity contribution < 1.29 is 28.3 Å². The minimum absolute atomic E-state index is 0.0143. The Hall–Kier alpha value is -4.14. The molecule has 2 aromatic carbocycles. The smallest absolute Gasteiger partial charge is 0.254 e. The maximum atomic E-state index is 13.2. The Balaban J connectivity index is 1.42. The van der Waals surface area contributed by atoms with Gasteiger partial charge >= 0.3 is 0 Å². The summed E-state index contributed by atoms with van der Waals surface area (Å²) in [6.07, 6.45) is -0.130. The lowest BCUT2D eigenvalue weighted by molar-refractivity contribution is -0.127. The molecule has 0 spiro atoms. The highest BCUT2D eigenvalue weighted by atomic mass is 16.5. The normalized spacial score (nSPS) is 21.4. The van der Waals surface area contributed by atoms with Crippen molar-refractivity contribution in [2.75, 3.05) is 13.7 Å². The Bertz CT molecular complexity index is 1410. The summed E-state index contributed by atoms with van der Waals surface area (Å²) in [5.74, 6) is -0.444. The monoisotopic (exact) mass is 445 g/mol. The zero-order chi connectivity index (χ0) is 22.9. The van der Waals surface area contributed by atoms with E-state index in [1.807, 2.05) is 6.07 Å². The predicted molar refractivity (Wildman–Crippen MR) is 115 cm³/mol. The van der Waals surface area contributed by atoms with Gasteiger partial charge in [-0.2, -0.15) is 0 Å². The summed E-state index contributed by atoms with van der Waals surface area (Å²) in [5, 5.41) is 5.88. The Morgan fingerprint density at radius 3 is 2.70 bits per heavy atom. The number of carbonyl (C=O) groups excluding carboxylic acids is 4. The summed E-state index contributed by atoms with van der Waals surface area (Å²) in [6, 6.07) is 10.4. The molecule has 1 atom stereocenters. The molecule has 1 fully saturated rings. The number of fused-ring (bicyclic) bond motifs is 4. The number of rotatable bonds is 4. The number of benzene rings is 2. The zero-order valence-corrected chi connectivity index (χ0v) is 17.7. The number of ether oxygens (including phenoxy) is 1. The number of furan rings is 1. The molecule has 33 heavy (non-hydrogen) atoms. The molecule has 3 aromatic rings. The van der Waals surface area contributed by atoms with Gasteiger partial charge in [0, 0.05) is 36.1 Å². The quantitative estimate of drug-likeness (QED) is 0.590. The van der Waals surface area contributed by atoms with E-state index in [1.54, 1.807) is 35.2 Å². The zero-order valence-electron chi connectivity index (χ0n) is 17.7. The summed E-state index contributed by atoms with van der Waals surface area (Å²) in [6.45, 7) is 0.666. The molecule has 6 rings (SSSR count). The molecular weight excluding hydrogens is 426 g/mol. The van der Waals surface area contributed by atoms with Crippen LogP contribution in [0.5, 0.6) is 5.75 Å². The van der Waals surface area contributed by atoms with Gasteiger partial charge < -0.3 is 19.4 Å². The van der Waals surface area contributed by atoms with Gasteiger partial charge in [0.25, 0.3) is 11.8 Å². The molecule has 2 N–H and O–H groups in total. The van der Waals surface area contributed by atoms with E-state index in [9.17, 15) is 19.2 Å². The second kappa shape index (κ2) is 6.68. The summed E-state index contributed by atoms with van der Waals surface area (Å²) in [5.41, 5.74) is 1.86. The lowest BCUT2D eigenvalue weighted by Gasteiger charge is -2.28. The molecular formula is C24H19N3O6. The Labute approximate surface area is 187 Å². The fourth-order valence-electron chi connectivity index (χ4n) is 5.04. The van der Waals surface area contributed by atoms with Crippen molar-refractivity contribution in [2.45, 2.75) is 24.9 Å². The number of imide groups is 1. The average molecular weight is 445 g/mol. The summed E-state index contributed by atoms with van der Waals surface area (Å²) in [4.78, 5) is 52.2. The van der Waals surface area contributed by atoms with E-state index in [4.69, 9.17) is 9.15 Å². The second-order valence-electron chi connectivity index (χ2n) is 8.62. The van der Waals surface area contributed by atoms with Crippen LogP contribution in [0.2, 0.25) is 0 Å². The molecule has 9 heteroatoms. The number of hydrogen-bond donors (Lipinski definition) is 2. The maximum absolute atomic E-state index is 13.2. The Kier molecular flexibility index (Phi) is 3.95. The van der Waals surface area contributed by atoms with Gasteiger partial charge in [-0.3, -0.25) is 24.5 Å². The van der Waals surface area contributed by atoms with Crippen molar-refractivity contribution in [1.29, 1.82) is 0 Å². The molecule has 166 valence electrons. The van der Waals surface area contributed by atoms with Crippen LogP contribution < -0.4 is 15.4 Å². The number of methoxy groups -OCH3 is 1. The Morgan fingerprint density at radius 2 is 1.94 bits per heavy atom. The topological polar surface area (TPSA) is 118 Å². The molecule has 1 aromatic heterocycles. The molecule has 0 radical (unpaired) electrons. The number of hydrogen-bond acceptors (Lipinski definition) is 6. The first kappa shape index (κ1) is 19.5. The summed E-state index contributed by atoms with van der Waals surface area (Å²) < 4.78 is 11.3. The van der Waals surface area contributed by atoms with E-state index >= 15 is 0 Å². The third kappa shape index (κ3) is 2.71. The van der Waals surface area contributed by atoms with Crippen molar-refractivity contribution >= 4 is 34.6 Å². The molecule has 4 amide bonds. The number of carbonyl (C=O) groups is 4. The van der Waals surface area contributed by atoms with Crippen LogP contribution in [0.1, 0.15) is 44.0 Å². The number of nitrogens with one attached hydrogen (secondary N) is 2. The first-order valence-electron chi connectivity index (χ1n) is 10.5. The van der Waals surface area contributed by atoms with E-state index in [0.717, 1.165) is 11.1 Å². The van der Waals surface area contributed by atoms with Crippen LogP contribution in [0.25, 0.3) is 11.0 Å². The van der Waals surface area contributed by atoms with E-state index in [2.05, 4.69) is 10.6 Å². The van der Waals surface area contributed by atoms with E-state index in [0.29, 0.717) is 46.7 Å². The van der Waals surface area contributed by atoms with Gasteiger partial charge in [-0.1, -0.05) is 6.07 Å². The van der Waals surface area contributed by atoms with Crippen LogP contribution in [0.15, 0.2) is 40.8 Å². The van der Waals surface area contributed by atoms with Crippen LogP contribution >= 0.6 is 0 Å². The van der Waals surface area contributed by atoms with Crippen LogP contribution in [-0.4, -0.2) is 42.2 Å². The molecule has 4 heterocycles. The van der Waals surface area contributed by atoms with Crippen molar-refractivity contribution in [1.82, 2.24) is 15.5 Å². The van der Waals surface area contributed by atoms with Gasteiger partial charge in [-0.15, -0.1) is 0 Å². The SMILES string of the molecule is COc1ccc2c(c1)C(=O)N(C[C@@]1(c3cc4c5c(ccc4o3)C(=O)NC5)CC(=O)NC1=O)C2. The highest BCUT2D eigenvalue weighted by Crippen LogP contribution is 2.40. The molecule has 0 saturated carbocycles. The Morgan fingerprint density at radius 1 is 1.09 bits per heavy atom. The standard InChI is InChI=1S/C24H19N3O6/c1-32-13-3-2-12-10-27(22(30)15(12)6-13)11-24(8-20(28)26-23(24)31)19-7-16-17-9-25-21(29)14(17)4-5-18(16)33-19/h2-7H,8-11H2,1H3,(H,25,29)(H,26,28,31)/t24-/m1/s1. The number of nitrogens with zero attached hydrogens (tertiary/aromatic N) is 1. The molecule has 3 aliphatic rings. The van der Waals surface area contributed by atoms with Gasteiger partial charge in [0.15, 0.2) is 0 Å². The molecule has 1 saturated heterocycles. The van der Waals surface area contributed by atoms with E-state index in [-0.39, 0.29) is 24.8 Å². The molecule has 0 unspecified atom stereocenters. The molecule has 9 nitrogen and oxygen atoms in total. The third-order valence-electron chi connectivity index (χ3n) is 6.76. The second-order valence-corrected chi connectivity index (χ2v) is 8.62. The van der Waals surface area contributed by atoms with Crippen LogP contribution in [0.3, 0.4) is 0 Å². The van der Waals surface area contributed by atoms with Gasteiger partial charge in [0.05, 0.1) is 13.5 Å². The number of amides is 4. The first-order chi connectivity index (χ1) is 15.9. The lowest BCUT2D eigenvalue weighted by atomic mass is 9.82. The summed E-state index contributed by atoms with van der Waals surface area (Å²) in [7, 11) is 1.53.